The molecule has 1 N–H and O–H groups in total. The molecule has 2 rings (SSSR count). The lowest BCUT2D eigenvalue weighted by Crippen LogP contribution is -2.21. The topological polar surface area (TPSA) is 46.2 Å². The lowest BCUT2D eigenvalue weighted by atomic mass is 10.2. The van der Waals surface area contributed by atoms with Gasteiger partial charge in [-0.25, -0.2) is 0 Å². The van der Waals surface area contributed by atoms with E-state index in [-0.39, 0.29) is 11.6 Å². The van der Waals surface area contributed by atoms with Crippen molar-refractivity contribution in [2.45, 2.75) is 12.8 Å². The Hall–Kier alpha value is -1.30. The van der Waals surface area contributed by atoms with Crippen LogP contribution in [0.1, 0.15) is 32.2 Å². The first-order chi connectivity index (χ1) is 9.27. The van der Waals surface area contributed by atoms with Gasteiger partial charge in [-0.3, -0.25) is 9.59 Å². The van der Waals surface area contributed by atoms with E-state index in [0.29, 0.717) is 25.9 Å². The summed E-state index contributed by atoms with van der Waals surface area (Å²) in [6.07, 6.45) is 0.960. The number of Topliss-reactive ketones (excluding diaryl/α,β-unsaturated/α-hetero) is 2. The molecule has 0 saturated heterocycles. The Morgan fingerprint density at radius 1 is 0.895 bits per heavy atom. The number of hydrogen-bond acceptors (Lipinski definition) is 5. The highest BCUT2D eigenvalue weighted by atomic mass is 32.1. The SMILES string of the molecule is O=C(CCNCCC(=O)c1cccs1)c1cccs1. The first-order valence-electron chi connectivity index (χ1n) is 6.11. The summed E-state index contributed by atoms with van der Waals surface area (Å²) in [5, 5.41) is 6.94. The van der Waals surface area contributed by atoms with Crippen LogP contribution < -0.4 is 5.32 Å². The maximum absolute atomic E-state index is 11.7. The highest BCUT2D eigenvalue weighted by molar-refractivity contribution is 7.12. The van der Waals surface area contributed by atoms with E-state index in [4.69, 9.17) is 0 Å². The molecule has 19 heavy (non-hydrogen) atoms. The van der Waals surface area contributed by atoms with Crippen molar-refractivity contribution in [2.75, 3.05) is 13.1 Å². The summed E-state index contributed by atoms with van der Waals surface area (Å²) in [6.45, 7) is 1.24. The fourth-order valence-electron chi connectivity index (χ4n) is 1.65. The van der Waals surface area contributed by atoms with Crippen LogP contribution in [-0.2, 0) is 0 Å². The molecule has 0 spiro atoms. The van der Waals surface area contributed by atoms with Crippen LogP contribution in [0.4, 0.5) is 0 Å². The fraction of sp³-hybridized carbons (Fsp3) is 0.286. The molecule has 0 aromatic carbocycles. The summed E-state index contributed by atoms with van der Waals surface area (Å²) >= 11 is 2.94. The van der Waals surface area contributed by atoms with Crippen molar-refractivity contribution in [3.05, 3.63) is 44.8 Å². The lowest BCUT2D eigenvalue weighted by Gasteiger charge is -2.02. The van der Waals surface area contributed by atoms with Gasteiger partial charge in [-0.05, 0) is 22.9 Å². The van der Waals surface area contributed by atoms with Crippen molar-refractivity contribution in [1.82, 2.24) is 5.32 Å². The average Bonchev–Trinajstić information content (AvgIpc) is 3.10. The van der Waals surface area contributed by atoms with Crippen LogP contribution in [0.5, 0.6) is 0 Å². The van der Waals surface area contributed by atoms with Gasteiger partial charge >= 0.3 is 0 Å². The minimum Gasteiger partial charge on any atom is -0.316 e. The largest absolute Gasteiger partial charge is 0.316 e. The number of carbonyl (C=O) groups excluding carboxylic acids is 2. The van der Waals surface area contributed by atoms with Crippen LogP contribution in [0, 0.1) is 0 Å². The van der Waals surface area contributed by atoms with E-state index in [1.807, 2.05) is 35.0 Å². The van der Waals surface area contributed by atoms with E-state index >= 15 is 0 Å². The van der Waals surface area contributed by atoms with Crippen molar-refractivity contribution in [3.63, 3.8) is 0 Å². The van der Waals surface area contributed by atoms with Crippen molar-refractivity contribution in [1.29, 1.82) is 0 Å². The van der Waals surface area contributed by atoms with Crippen LogP contribution >= 0.6 is 22.7 Å². The van der Waals surface area contributed by atoms with Gasteiger partial charge in [-0.2, -0.15) is 0 Å². The molecule has 0 fully saturated rings. The number of hydrogen-bond donors (Lipinski definition) is 1. The summed E-state index contributed by atoms with van der Waals surface area (Å²) in [5.74, 6) is 0.319. The van der Waals surface area contributed by atoms with Gasteiger partial charge in [0.1, 0.15) is 0 Å². The van der Waals surface area contributed by atoms with Crippen LogP contribution in [0.2, 0.25) is 0 Å². The van der Waals surface area contributed by atoms with Crippen molar-refractivity contribution >= 4 is 34.2 Å². The Bertz CT molecular complexity index is 469. The van der Waals surface area contributed by atoms with E-state index in [9.17, 15) is 9.59 Å². The average molecular weight is 293 g/mol. The lowest BCUT2D eigenvalue weighted by molar-refractivity contribution is 0.0986. The number of ketones is 2. The Balaban J connectivity index is 1.60. The molecule has 2 aromatic heterocycles. The third-order valence-corrected chi connectivity index (χ3v) is 4.47. The number of thiophene rings is 2. The smallest absolute Gasteiger partial charge is 0.174 e. The summed E-state index contributed by atoms with van der Waals surface area (Å²) in [5.41, 5.74) is 0. The van der Waals surface area contributed by atoms with Gasteiger partial charge in [0, 0.05) is 25.9 Å². The summed E-state index contributed by atoms with van der Waals surface area (Å²) in [6, 6.07) is 7.44. The molecule has 0 bridgehead atoms. The maximum Gasteiger partial charge on any atom is 0.174 e. The van der Waals surface area contributed by atoms with Gasteiger partial charge in [0.2, 0.25) is 0 Å². The van der Waals surface area contributed by atoms with Gasteiger partial charge in [-0.15, -0.1) is 22.7 Å². The normalized spacial score (nSPS) is 10.5. The molecule has 100 valence electrons. The van der Waals surface area contributed by atoms with E-state index in [1.165, 1.54) is 22.7 Å². The Morgan fingerprint density at radius 3 is 1.74 bits per heavy atom. The predicted octanol–water partition coefficient (Wildman–Crippen LogP) is 3.25. The summed E-state index contributed by atoms with van der Waals surface area (Å²) in [7, 11) is 0. The number of nitrogens with one attached hydrogen (secondary N) is 1. The monoisotopic (exact) mass is 293 g/mol. The molecule has 0 atom stereocenters. The third kappa shape index (κ3) is 4.38. The summed E-state index contributed by atoms with van der Waals surface area (Å²) in [4.78, 5) is 25.0. The highest BCUT2D eigenvalue weighted by Gasteiger charge is 2.07. The minimum atomic E-state index is 0.159. The summed E-state index contributed by atoms with van der Waals surface area (Å²) < 4.78 is 0. The molecule has 0 amide bonds. The quantitative estimate of drug-likeness (QED) is 0.600. The van der Waals surface area contributed by atoms with E-state index in [0.717, 1.165) is 9.75 Å². The molecule has 5 heteroatoms. The van der Waals surface area contributed by atoms with Crippen LogP contribution in [-0.4, -0.2) is 24.7 Å². The first kappa shape index (κ1) is 14.1. The Morgan fingerprint density at radius 2 is 1.37 bits per heavy atom. The van der Waals surface area contributed by atoms with Gasteiger partial charge in [-0.1, -0.05) is 12.1 Å². The zero-order chi connectivity index (χ0) is 13.5. The van der Waals surface area contributed by atoms with Gasteiger partial charge in [0.25, 0.3) is 0 Å². The third-order valence-electron chi connectivity index (χ3n) is 2.65. The van der Waals surface area contributed by atoms with Crippen LogP contribution in [0.3, 0.4) is 0 Å². The van der Waals surface area contributed by atoms with E-state index in [2.05, 4.69) is 5.32 Å². The second-order valence-electron chi connectivity index (χ2n) is 4.05. The van der Waals surface area contributed by atoms with Gasteiger partial charge in [0.15, 0.2) is 11.6 Å². The fourth-order valence-corrected chi connectivity index (χ4v) is 3.04. The zero-order valence-corrected chi connectivity index (χ0v) is 12.1. The molecule has 2 heterocycles. The second kappa shape index (κ2) is 7.33. The molecule has 0 aliphatic rings. The molecule has 2 aromatic rings. The van der Waals surface area contributed by atoms with Crippen LogP contribution in [0.15, 0.2) is 35.0 Å². The molecule has 0 aliphatic carbocycles. The highest BCUT2D eigenvalue weighted by Crippen LogP contribution is 2.11. The molecule has 0 radical (unpaired) electrons. The molecule has 3 nitrogen and oxygen atoms in total. The Kier molecular flexibility index (Phi) is 5.44. The van der Waals surface area contributed by atoms with Crippen molar-refractivity contribution < 1.29 is 9.59 Å². The molecule has 0 saturated carbocycles. The second-order valence-corrected chi connectivity index (χ2v) is 5.95. The molecular formula is C14H15NO2S2. The minimum absolute atomic E-state index is 0.159. The van der Waals surface area contributed by atoms with E-state index < -0.39 is 0 Å². The Labute approximate surface area is 120 Å². The molecule has 0 aliphatic heterocycles. The van der Waals surface area contributed by atoms with Gasteiger partial charge in [0.05, 0.1) is 9.75 Å². The molecule has 0 unspecified atom stereocenters. The van der Waals surface area contributed by atoms with Crippen molar-refractivity contribution in [3.8, 4) is 0 Å². The number of rotatable bonds is 8. The standard InChI is InChI=1S/C14H15NO2S2/c16-11(13-3-1-9-18-13)5-7-15-8-6-12(17)14-4-2-10-19-14/h1-4,9-10,15H,5-8H2. The zero-order valence-electron chi connectivity index (χ0n) is 10.4. The van der Waals surface area contributed by atoms with E-state index in [1.54, 1.807) is 0 Å². The molecular weight excluding hydrogens is 278 g/mol. The predicted molar refractivity (Wildman–Crippen MR) is 79.4 cm³/mol. The van der Waals surface area contributed by atoms with Gasteiger partial charge < -0.3 is 5.32 Å². The maximum atomic E-state index is 11.7. The first-order valence-corrected chi connectivity index (χ1v) is 7.87. The van der Waals surface area contributed by atoms with Crippen molar-refractivity contribution in [2.24, 2.45) is 0 Å². The van der Waals surface area contributed by atoms with Crippen LogP contribution in [0.25, 0.3) is 0 Å². The number of carbonyl (C=O) groups is 2.